The second-order valence-electron chi connectivity index (χ2n) is 4.18. The van der Waals surface area contributed by atoms with Gasteiger partial charge >= 0.3 is 6.09 Å². The molecule has 0 saturated heterocycles. The van der Waals surface area contributed by atoms with Crippen LogP contribution in [0.15, 0.2) is 0 Å². The Labute approximate surface area is 105 Å². The van der Waals surface area contributed by atoms with Crippen LogP contribution < -0.4 is 0 Å². The van der Waals surface area contributed by atoms with E-state index in [1.165, 1.54) is 0 Å². The fourth-order valence-corrected chi connectivity index (χ4v) is 2.11. The molecule has 2 heterocycles. The van der Waals surface area contributed by atoms with Gasteiger partial charge in [-0.1, -0.05) is 25.6 Å². The first kappa shape index (κ1) is 12.2. The minimum absolute atomic E-state index is 0.236. The highest BCUT2D eigenvalue weighted by atomic mass is 32.1. The minimum Gasteiger partial charge on any atom is -0.449 e. The molecular weight excluding hydrogens is 238 g/mol. The van der Waals surface area contributed by atoms with E-state index in [0.29, 0.717) is 24.3 Å². The van der Waals surface area contributed by atoms with Gasteiger partial charge in [0.1, 0.15) is 4.64 Å². The number of nitrogens with one attached hydrogen (secondary N) is 2. The molecule has 1 aromatic rings. The molecule has 0 aromatic carbocycles. The average molecular weight is 255 g/mol. The molecule has 0 bridgehead atoms. The largest absolute Gasteiger partial charge is 0.449 e. The highest BCUT2D eigenvalue weighted by molar-refractivity contribution is 7.71. The summed E-state index contributed by atoms with van der Waals surface area (Å²) in [5.74, 6) is 0. The molecule has 5 nitrogen and oxygen atoms in total. The van der Waals surface area contributed by atoms with E-state index in [4.69, 9.17) is 17.0 Å². The van der Waals surface area contributed by atoms with Gasteiger partial charge < -0.3 is 14.7 Å². The van der Waals surface area contributed by atoms with Gasteiger partial charge in [-0.25, -0.2) is 4.79 Å². The molecule has 94 valence electrons. The number of rotatable bonds is 3. The SMILES string of the molecule is CCCCOC(=O)N1CCc2[nH][nH]c(=S)c2C1. The van der Waals surface area contributed by atoms with Gasteiger partial charge in [-0.05, 0) is 6.42 Å². The Kier molecular flexibility index (Phi) is 3.83. The van der Waals surface area contributed by atoms with E-state index in [1.807, 2.05) is 0 Å². The van der Waals surface area contributed by atoms with Crippen LogP contribution >= 0.6 is 12.2 Å². The van der Waals surface area contributed by atoms with Crippen LogP contribution in [0.25, 0.3) is 0 Å². The van der Waals surface area contributed by atoms with Crippen molar-refractivity contribution in [2.75, 3.05) is 13.2 Å². The van der Waals surface area contributed by atoms with Crippen molar-refractivity contribution in [3.63, 3.8) is 0 Å². The fraction of sp³-hybridized carbons (Fsp3) is 0.636. The molecule has 0 radical (unpaired) electrons. The molecule has 2 rings (SSSR count). The van der Waals surface area contributed by atoms with Crippen LogP contribution in [-0.4, -0.2) is 34.3 Å². The summed E-state index contributed by atoms with van der Waals surface area (Å²) in [5.41, 5.74) is 2.12. The van der Waals surface area contributed by atoms with E-state index in [1.54, 1.807) is 4.90 Å². The molecule has 0 saturated carbocycles. The van der Waals surface area contributed by atoms with Crippen molar-refractivity contribution < 1.29 is 9.53 Å². The number of unbranched alkanes of at least 4 members (excludes halogenated alkanes) is 1. The summed E-state index contributed by atoms with van der Waals surface area (Å²) in [6.45, 7) is 3.79. The summed E-state index contributed by atoms with van der Waals surface area (Å²) in [7, 11) is 0. The predicted octanol–water partition coefficient (Wildman–Crippen LogP) is 2.37. The number of hydrogen-bond acceptors (Lipinski definition) is 3. The zero-order valence-electron chi connectivity index (χ0n) is 9.91. The van der Waals surface area contributed by atoms with E-state index in [9.17, 15) is 4.79 Å². The van der Waals surface area contributed by atoms with Crippen LogP contribution in [0.1, 0.15) is 31.0 Å². The molecule has 0 unspecified atom stereocenters. The number of carbonyl (C=O) groups excluding carboxylic acids is 1. The monoisotopic (exact) mass is 255 g/mol. The number of fused-ring (bicyclic) bond motifs is 1. The zero-order chi connectivity index (χ0) is 12.3. The third-order valence-corrected chi connectivity index (χ3v) is 3.28. The number of carbonyl (C=O) groups is 1. The van der Waals surface area contributed by atoms with Crippen molar-refractivity contribution in [1.82, 2.24) is 15.1 Å². The summed E-state index contributed by atoms with van der Waals surface area (Å²) in [4.78, 5) is 13.5. The molecule has 6 heteroatoms. The van der Waals surface area contributed by atoms with Crippen LogP contribution in [0, 0.1) is 4.64 Å². The number of hydrogen-bond donors (Lipinski definition) is 2. The summed E-state index contributed by atoms with van der Waals surface area (Å²) < 4.78 is 5.87. The van der Waals surface area contributed by atoms with Crippen LogP contribution in [0.4, 0.5) is 4.79 Å². The molecule has 1 aromatic heterocycles. The molecule has 1 aliphatic heterocycles. The van der Waals surface area contributed by atoms with Gasteiger partial charge in [0, 0.05) is 24.2 Å². The summed E-state index contributed by atoms with van der Waals surface area (Å²) >= 11 is 5.15. The van der Waals surface area contributed by atoms with Gasteiger partial charge in [0.05, 0.1) is 13.2 Å². The predicted molar refractivity (Wildman–Crippen MR) is 66.3 cm³/mol. The first-order valence-electron chi connectivity index (χ1n) is 5.92. The lowest BCUT2D eigenvalue weighted by Crippen LogP contribution is -2.36. The van der Waals surface area contributed by atoms with Crippen molar-refractivity contribution in [3.8, 4) is 0 Å². The van der Waals surface area contributed by atoms with Crippen molar-refractivity contribution in [2.24, 2.45) is 0 Å². The topological polar surface area (TPSA) is 61.1 Å². The van der Waals surface area contributed by atoms with E-state index < -0.39 is 0 Å². The Morgan fingerprint density at radius 2 is 2.35 bits per heavy atom. The molecule has 0 fully saturated rings. The van der Waals surface area contributed by atoms with Crippen molar-refractivity contribution >= 4 is 18.3 Å². The number of ether oxygens (including phenoxy) is 1. The molecule has 2 N–H and O–H groups in total. The molecule has 1 aliphatic rings. The van der Waals surface area contributed by atoms with Crippen LogP contribution in [0.3, 0.4) is 0 Å². The second-order valence-corrected chi connectivity index (χ2v) is 4.58. The Bertz CT molecular complexity index is 452. The number of nitrogens with zero attached hydrogens (tertiary/aromatic N) is 1. The van der Waals surface area contributed by atoms with Crippen molar-refractivity contribution in [3.05, 3.63) is 15.9 Å². The number of aromatic amines is 2. The highest BCUT2D eigenvalue weighted by Gasteiger charge is 2.23. The quantitative estimate of drug-likeness (QED) is 0.644. The first-order chi connectivity index (χ1) is 8.22. The van der Waals surface area contributed by atoms with Gasteiger partial charge in [0.2, 0.25) is 0 Å². The van der Waals surface area contributed by atoms with Gasteiger partial charge in [-0.2, -0.15) is 0 Å². The zero-order valence-corrected chi connectivity index (χ0v) is 10.7. The van der Waals surface area contributed by atoms with Gasteiger partial charge in [-0.3, -0.25) is 5.10 Å². The molecule has 17 heavy (non-hydrogen) atoms. The summed E-state index contributed by atoms with van der Waals surface area (Å²) in [6.07, 6.45) is 2.50. The lowest BCUT2D eigenvalue weighted by Gasteiger charge is -2.25. The fourth-order valence-electron chi connectivity index (χ4n) is 1.87. The van der Waals surface area contributed by atoms with Crippen LogP contribution in [0.5, 0.6) is 0 Å². The van der Waals surface area contributed by atoms with Crippen molar-refractivity contribution in [1.29, 1.82) is 0 Å². The Morgan fingerprint density at radius 1 is 1.53 bits per heavy atom. The molecule has 1 amide bonds. The summed E-state index contributed by atoms with van der Waals surface area (Å²) in [5, 5.41) is 5.93. The van der Waals surface area contributed by atoms with Crippen LogP contribution in [0.2, 0.25) is 0 Å². The third kappa shape index (κ3) is 2.69. The molecular formula is C11H17N3O2S. The standard InChI is InChI=1S/C11H17N3O2S/c1-2-3-6-16-11(15)14-5-4-9-8(7-14)10(17)13-12-9/h2-7H2,1H3,(H2,12,13,17). The van der Waals surface area contributed by atoms with E-state index in [2.05, 4.69) is 17.1 Å². The maximum Gasteiger partial charge on any atom is 0.410 e. The lowest BCUT2D eigenvalue weighted by atomic mass is 10.1. The lowest BCUT2D eigenvalue weighted by molar-refractivity contribution is 0.0965. The maximum absolute atomic E-state index is 11.8. The smallest absolute Gasteiger partial charge is 0.410 e. The molecule has 0 spiro atoms. The Hall–Kier alpha value is -1.30. The number of amides is 1. The normalized spacial score (nSPS) is 14.5. The number of aromatic nitrogens is 2. The molecule has 0 atom stereocenters. The van der Waals surface area contributed by atoms with E-state index in [0.717, 1.165) is 30.5 Å². The number of H-pyrrole nitrogens is 2. The van der Waals surface area contributed by atoms with Crippen molar-refractivity contribution in [2.45, 2.75) is 32.7 Å². The Morgan fingerprint density at radius 3 is 3.12 bits per heavy atom. The average Bonchev–Trinajstić information content (AvgIpc) is 2.71. The maximum atomic E-state index is 11.8. The molecule has 0 aliphatic carbocycles. The van der Waals surface area contributed by atoms with Gasteiger partial charge in [0.25, 0.3) is 0 Å². The minimum atomic E-state index is -0.236. The van der Waals surface area contributed by atoms with E-state index in [-0.39, 0.29) is 6.09 Å². The van der Waals surface area contributed by atoms with Gasteiger partial charge in [-0.15, -0.1) is 0 Å². The Balaban J connectivity index is 1.95. The first-order valence-corrected chi connectivity index (χ1v) is 6.33. The van der Waals surface area contributed by atoms with Gasteiger partial charge in [0.15, 0.2) is 0 Å². The third-order valence-electron chi connectivity index (χ3n) is 2.93. The second kappa shape index (κ2) is 5.35. The highest BCUT2D eigenvalue weighted by Crippen LogP contribution is 2.18. The van der Waals surface area contributed by atoms with E-state index >= 15 is 0 Å². The summed E-state index contributed by atoms with van der Waals surface area (Å²) in [6, 6.07) is 0. The van der Waals surface area contributed by atoms with Crippen LogP contribution in [-0.2, 0) is 17.7 Å².